The van der Waals surface area contributed by atoms with E-state index in [9.17, 15) is 9.90 Å². The standard InChI is InChI=1S/C16H21NO2/c18-16(19)13-9-14-7-4-8-15(10-13)17(14)11-12-5-2-1-3-6-12/h1-3,5-6,13-15H,4,7-11H2,(H,18,19)/t14-,15-/m0/s1. The number of carboxylic acids is 1. The molecule has 2 fully saturated rings. The van der Waals surface area contributed by atoms with Crippen LogP contribution >= 0.6 is 0 Å². The largest absolute Gasteiger partial charge is 0.481 e. The van der Waals surface area contributed by atoms with E-state index >= 15 is 0 Å². The van der Waals surface area contributed by atoms with Crippen LogP contribution in [0.1, 0.15) is 37.7 Å². The minimum absolute atomic E-state index is 0.123. The van der Waals surface area contributed by atoms with E-state index in [1.807, 2.05) is 6.07 Å². The molecule has 2 saturated heterocycles. The average Bonchev–Trinajstić information content (AvgIpc) is 2.39. The van der Waals surface area contributed by atoms with Crippen LogP contribution in [-0.4, -0.2) is 28.1 Å². The summed E-state index contributed by atoms with van der Waals surface area (Å²) in [6, 6.07) is 11.5. The van der Waals surface area contributed by atoms with Crippen LogP contribution < -0.4 is 0 Å². The summed E-state index contributed by atoms with van der Waals surface area (Å²) in [6.45, 7) is 0.975. The van der Waals surface area contributed by atoms with Crippen molar-refractivity contribution in [1.82, 2.24) is 4.90 Å². The molecular weight excluding hydrogens is 238 g/mol. The number of rotatable bonds is 3. The lowest BCUT2D eigenvalue weighted by atomic mass is 9.78. The Bertz CT molecular complexity index is 431. The number of carboxylic acid groups (broad SMARTS) is 1. The number of hydrogen-bond donors (Lipinski definition) is 1. The molecule has 102 valence electrons. The monoisotopic (exact) mass is 259 g/mol. The number of hydrogen-bond acceptors (Lipinski definition) is 2. The first kappa shape index (κ1) is 12.7. The van der Waals surface area contributed by atoms with Crippen LogP contribution in [0.5, 0.6) is 0 Å². The molecule has 1 N–H and O–H groups in total. The molecule has 2 bridgehead atoms. The van der Waals surface area contributed by atoms with Crippen molar-refractivity contribution in [3.63, 3.8) is 0 Å². The molecule has 2 atom stereocenters. The van der Waals surface area contributed by atoms with Crippen molar-refractivity contribution in [2.45, 2.75) is 50.7 Å². The van der Waals surface area contributed by atoms with E-state index in [4.69, 9.17) is 0 Å². The van der Waals surface area contributed by atoms with Crippen molar-refractivity contribution in [2.24, 2.45) is 5.92 Å². The summed E-state index contributed by atoms with van der Waals surface area (Å²) >= 11 is 0. The summed E-state index contributed by atoms with van der Waals surface area (Å²) < 4.78 is 0. The number of aliphatic carboxylic acids is 1. The van der Waals surface area contributed by atoms with E-state index in [0.717, 1.165) is 32.2 Å². The van der Waals surface area contributed by atoms with Gasteiger partial charge >= 0.3 is 5.97 Å². The molecular formula is C16H21NO2. The van der Waals surface area contributed by atoms with Gasteiger partial charge in [0.1, 0.15) is 0 Å². The molecule has 0 saturated carbocycles. The molecule has 1 aromatic rings. The maximum atomic E-state index is 11.2. The van der Waals surface area contributed by atoms with E-state index in [2.05, 4.69) is 29.2 Å². The smallest absolute Gasteiger partial charge is 0.306 e. The van der Waals surface area contributed by atoms with Crippen LogP contribution in [-0.2, 0) is 11.3 Å². The van der Waals surface area contributed by atoms with Gasteiger partial charge in [-0.05, 0) is 31.2 Å². The summed E-state index contributed by atoms with van der Waals surface area (Å²) in [5.41, 5.74) is 1.34. The van der Waals surface area contributed by atoms with Crippen LogP contribution in [0.2, 0.25) is 0 Å². The van der Waals surface area contributed by atoms with Crippen molar-refractivity contribution in [3.8, 4) is 0 Å². The van der Waals surface area contributed by atoms with E-state index in [-0.39, 0.29) is 5.92 Å². The molecule has 1 aromatic carbocycles. The number of nitrogens with zero attached hydrogens (tertiary/aromatic N) is 1. The Hall–Kier alpha value is -1.35. The van der Waals surface area contributed by atoms with Crippen molar-refractivity contribution in [2.75, 3.05) is 0 Å². The molecule has 0 amide bonds. The van der Waals surface area contributed by atoms with Gasteiger partial charge < -0.3 is 5.11 Å². The van der Waals surface area contributed by atoms with Crippen molar-refractivity contribution < 1.29 is 9.90 Å². The van der Waals surface area contributed by atoms with Gasteiger partial charge in [-0.15, -0.1) is 0 Å². The predicted octanol–water partition coefficient (Wildman–Crippen LogP) is 2.90. The zero-order valence-electron chi connectivity index (χ0n) is 11.2. The predicted molar refractivity (Wildman–Crippen MR) is 73.8 cm³/mol. The molecule has 0 unspecified atom stereocenters. The summed E-state index contributed by atoms with van der Waals surface area (Å²) in [6.07, 6.45) is 5.24. The van der Waals surface area contributed by atoms with Crippen molar-refractivity contribution in [3.05, 3.63) is 35.9 Å². The molecule has 2 aliphatic rings. The van der Waals surface area contributed by atoms with Gasteiger partial charge in [0.05, 0.1) is 5.92 Å². The lowest BCUT2D eigenvalue weighted by molar-refractivity contribution is -0.146. The first-order valence-electron chi connectivity index (χ1n) is 7.26. The summed E-state index contributed by atoms with van der Waals surface area (Å²) in [5, 5.41) is 9.25. The quantitative estimate of drug-likeness (QED) is 0.907. The molecule has 19 heavy (non-hydrogen) atoms. The van der Waals surface area contributed by atoms with Gasteiger partial charge in [-0.3, -0.25) is 9.69 Å². The topological polar surface area (TPSA) is 40.5 Å². The first-order chi connectivity index (χ1) is 9.24. The molecule has 3 nitrogen and oxygen atoms in total. The Kier molecular flexibility index (Phi) is 3.56. The van der Waals surface area contributed by atoms with Gasteiger partial charge in [0.25, 0.3) is 0 Å². The highest BCUT2D eigenvalue weighted by Crippen LogP contribution is 2.37. The fourth-order valence-electron chi connectivity index (χ4n) is 3.73. The highest BCUT2D eigenvalue weighted by Gasteiger charge is 2.40. The maximum absolute atomic E-state index is 11.2. The Labute approximate surface area is 114 Å². The summed E-state index contributed by atoms with van der Waals surface area (Å²) in [5.74, 6) is -0.724. The molecule has 0 aliphatic carbocycles. The minimum atomic E-state index is -0.601. The van der Waals surface area contributed by atoms with E-state index in [1.54, 1.807) is 0 Å². The SMILES string of the molecule is O=C(O)C1C[C@@H]2CCC[C@@H](C1)N2Cc1ccccc1. The van der Waals surface area contributed by atoms with Gasteiger partial charge in [0.15, 0.2) is 0 Å². The molecule has 0 aromatic heterocycles. The second kappa shape index (κ2) is 5.33. The van der Waals surface area contributed by atoms with E-state index < -0.39 is 5.97 Å². The first-order valence-corrected chi connectivity index (χ1v) is 7.26. The lowest BCUT2D eigenvalue weighted by Gasteiger charge is -2.48. The van der Waals surface area contributed by atoms with Crippen molar-refractivity contribution in [1.29, 1.82) is 0 Å². The molecule has 3 rings (SSSR count). The van der Waals surface area contributed by atoms with Crippen molar-refractivity contribution >= 4 is 5.97 Å². The molecule has 0 radical (unpaired) electrons. The van der Waals surface area contributed by atoms with Gasteiger partial charge in [0, 0.05) is 18.6 Å². The van der Waals surface area contributed by atoms with Crippen LogP contribution in [0.3, 0.4) is 0 Å². The zero-order valence-corrected chi connectivity index (χ0v) is 11.2. The normalized spacial score (nSPS) is 31.1. The number of piperidine rings is 2. The maximum Gasteiger partial charge on any atom is 0.306 e. The number of benzene rings is 1. The molecule has 0 spiro atoms. The number of carbonyl (C=O) groups is 1. The average molecular weight is 259 g/mol. The fourth-order valence-corrected chi connectivity index (χ4v) is 3.73. The second-order valence-electron chi connectivity index (χ2n) is 5.90. The van der Waals surface area contributed by atoms with E-state index in [1.165, 1.54) is 12.0 Å². The Morgan fingerprint density at radius 3 is 2.37 bits per heavy atom. The van der Waals surface area contributed by atoms with Gasteiger partial charge in [-0.1, -0.05) is 36.8 Å². The summed E-state index contributed by atoms with van der Waals surface area (Å²) in [7, 11) is 0. The van der Waals surface area contributed by atoms with Crippen LogP contribution in [0.25, 0.3) is 0 Å². The molecule has 2 aliphatic heterocycles. The lowest BCUT2D eigenvalue weighted by Crippen LogP contribution is -2.52. The summed E-state index contributed by atoms with van der Waals surface area (Å²) in [4.78, 5) is 13.8. The van der Waals surface area contributed by atoms with E-state index in [0.29, 0.717) is 12.1 Å². The second-order valence-corrected chi connectivity index (χ2v) is 5.90. The molecule has 2 heterocycles. The third-order valence-electron chi connectivity index (χ3n) is 4.68. The number of fused-ring (bicyclic) bond motifs is 2. The molecule has 3 heteroatoms. The Balaban J connectivity index is 1.74. The van der Waals surface area contributed by atoms with Gasteiger partial charge in [-0.25, -0.2) is 0 Å². The van der Waals surface area contributed by atoms with Crippen LogP contribution in [0, 0.1) is 5.92 Å². The zero-order chi connectivity index (χ0) is 13.2. The van der Waals surface area contributed by atoms with Crippen LogP contribution in [0.4, 0.5) is 0 Å². The van der Waals surface area contributed by atoms with Gasteiger partial charge in [0.2, 0.25) is 0 Å². The van der Waals surface area contributed by atoms with Crippen LogP contribution in [0.15, 0.2) is 30.3 Å². The highest BCUT2D eigenvalue weighted by molar-refractivity contribution is 5.70. The fraction of sp³-hybridized carbons (Fsp3) is 0.562. The Morgan fingerprint density at radius 2 is 1.79 bits per heavy atom. The highest BCUT2D eigenvalue weighted by atomic mass is 16.4. The van der Waals surface area contributed by atoms with Gasteiger partial charge in [-0.2, -0.15) is 0 Å². The minimum Gasteiger partial charge on any atom is -0.481 e. The Morgan fingerprint density at radius 1 is 1.16 bits per heavy atom. The third kappa shape index (κ3) is 2.66. The third-order valence-corrected chi connectivity index (χ3v) is 4.68.